The summed E-state index contributed by atoms with van der Waals surface area (Å²) < 4.78 is 18.8. The average Bonchev–Trinajstić information content (AvgIpc) is 2.78. The molecule has 0 saturated heterocycles. The van der Waals surface area contributed by atoms with Crippen LogP contribution in [0.1, 0.15) is 16.7 Å². The number of nitrogens with one attached hydrogen (secondary N) is 3. The summed E-state index contributed by atoms with van der Waals surface area (Å²) in [6, 6.07) is 17.1. The van der Waals surface area contributed by atoms with Crippen LogP contribution < -0.4 is 20.8 Å². The van der Waals surface area contributed by atoms with E-state index in [-0.39, 0.29) is 5.69 Å². The molecule has 32 heavy (non-hydrogen) atoms. The predicted molar refractivity (Wildman–Crippen MR) is 123 cm³/mol. The lowest BCUT2D eigenvalue weighted by Gasteiger charge is -2.15. The van der Waals surface area contributed by atoms with E-state index in [4.69, 9.17) is 4.74 Å². The van der Waals surface area contributed by atoms with Gasteiger partial charge < -0.3 is 15.4 Å². The smallest absolute Gasteiger partial charge is 0.329 e. The number of amides is 2. The van der Waals surface area contributed by atoms with Gasteiger partial charge in [0.05, 0.1) is 19.0 Å². The summed E-state index contributed by atoms with van der Waals surface area (Å²) in [5.74, 6) is -1.88. The minimum Gasteiger partial charge on any atom is -0.495 e. The summed E-state index contributed by atoms with van der Waals surface area (Å²) in [6.45, 7) is 3.67. The van der Waals surface area contributed by atoms with Crippen LogP contribution in [-0.2, 0) is 9.59 Å². The SMILES string of the molecule is COc1cccc(/C=N\NC(=O)C(=O)Nc2cc(F)ccc2C)c1Nc1ccccc1C. The van der Waals surface area contributed by atoms with Gasteiger partial charge in [-0.15, -0.1) is 0 Å². The molecule has 0 aliphatic carbocycles. The standard InChI is InChI=1S/C24H23FN4O3/c1-15-7-4-5-9-19(15)27-22-17(8-6-10-21(22)32-3)14-26-29-24(31)23(30)28-20-13-18(25)12-11-16(20)2/h4-14,27H,1-3H3,(H,28,30)(H,29,31)/b26-14-. The lowest BCUT2D eigenvalue weighted by atomic mass is 10.1. The van der Waals surface area contributed by atoms with Crippen LogP contribution in [0.15, 0.2) is 65.8 Å². The van der Waals surface area contributed by atoms with Crippen LogP contribution in [0.4, 0.5) is 21.5 Å². The van der Waals surface area contributed by atoms with Gasteiger partial charge in [0.25, 0.3) is 0 Å². The lowest BCUT2D eigenvalue weighted by Crippen LogP contribution is -2.32. The lowest BCUT2D eigenvalue weighted by molar-refractivity contribution is -0.136. The number of hydrogen-bond donors (Lipinski definition) is 3. The Hall–Kier alpha value is -4.20. The molecular formula is C24H23FN4O3. The molecule has 3 N–H and O–H groups in total. The molecule has 0 aliphatic rings. The predicted octanol–water partition coefficient (Wildman–Crippen LogP) is 4.28. The monoisotopic (exact) mass is 434 g/mol. The van der Waals surface area contributed by atoms with Crippen LogP contribution in [0.25, 0.3) is 0 Å². The Balaban J connectivity index is 1.73. The number of halogens is 1. The molecule has 0 saturated carbocycles. The molecule has 7 nitrogen and oxygen atoms in total. The van der Waals surface area contributed by atoms with Gasteiger partial charge in [0.1, 0.15) is 11.6 Å². The van der Waals surface area contributed by atoms with Gasteiger partial charge in [-0.3, -0.25) is 9.59 Å². The van der Waals surface area contributed by atoms with Gasteiger partial charge in [0, 0.05) is 16.9 Å². The Morgan fingerprint density at radius 1 is 0.938 bits per heavy atom. The molecule has 0 aliphatic heterocycles. The minimum absolute atomic E-state index is 0.214. The molecule has 2 amide bonds. The molecule has 0 unspecified atom stereocenters. The molecule has 0 spiro atoms. The van der Waals surface area contributed by atoms with E-state index in [2.05, 4.69) is 21.2 Å². The van der Waals surface area contributed by atoms with Crippen LogP contribution in [0.2, 0.25) is 0 Å². The maximum atomic E-state index is 13.4. The number of hydrogen-bond acceptors (Lipinski definition) is 5. The largest absolute Gasteiger partial charge is 0.495 e. The fraction of sp³-hybridized carbons (Fsp3) is 0.125. The topological polar surface area (TPSA) is 91.8 Å². The number of benzene rings is 3. The van der Waals surface area contributed by atoms with Gasteiger partial charge in [-0.1, -0.05) is 36.4 Å². The van der Waals surface area contributed by atoms with Crippen molar-refractivity contribution >= 4 is 35.1 Å². The zero-order chi connectivity index (χ0) is 23.1. The second-order valence-corrected chi connectivity index (χ2v) is 6.98. The highest BCUT2D eigenvalue weighted by molar-refractivity contribution is 6.39. The first kappa shape index (κ1) is 22.5. The van der Waals surface area contributed by atoms with Gasteiger partial charge >= 0.3 is 11.8 Å². The third-order valence-electron chi connectivity index (χ3n) is 4.71. The molecule has 8 heteroatoms. The van der Waals surface area contributed by atoms with Gasteiger partial charge in [-0.25, -0.2) is 9.82 Å². The van der Waals surface area contributed by atoms with Crippen molar-refractivity contribution in [2.45, 2.75) is 13.8 Å². The summed E-state index contributed by atoms with van der Waals surface area (Å²) in [5, 5.41) is 9.58. The summed E-state index contributed by atoms with van der Waals surface area (Å²) in [7, 11) is 1.56. The van der Waals surface area contributed by atoms with E-state index in [0.29, 0.717) is 22.6 Å². The first-order valence-corrected chi connectivity index (χ1v) is 9.79. The molecule has 0 fully saturated rings. The first-order valence-electron chi connectivity index (χ1n) is 9.79. The highest BCUT2D eigenvalue weighted by atomic mass is 19.1. The van der Waals surface area contributed by atoms with Gasteiger partial charge in [0.15, 0.2) is 0 Å². The number of nitrogens with zero attached hydrogens (tertiary/aromatic N) is 1. The van der Waals surface area contributed by atoms with Gasteiger partial charge in [0.2, 0.25) is 0 Å². The van der Waals surface area contributed by atoms with E-state index in [1.165, 1.54) is 18.3 Å². The van der Waals surface area contributed by atoms with Crippen LogP contribution in [0, 0.1) is 19.7 Å². The Kier molecular flexibility index (Phi) is 7.17. The number of ether oxygens (including phenoxy) is 1. The van der Waals surface area contributed by atoms with Crippen LogP contribution in [0.3, 0.4) is 0 Å². The summed E-state index contributed by atoms with van der Waals surface area (Å²) in [5.41, 5.74) is 6.24. The summed E-state index contributed by atoms with van der Waals surface area (Å²) in [6.07, 6.45) is 1.40. The highest BCUT2D eigenvalue weighted by Gasteiger charge is 2.15. The van der Waals surface area contributed by atoms with Gasteiger partial charge in [-0.2, -0.15) is 5.10 Å². The maximum absolute atomic E-state index is 13.4. The van der Waals surface area contributed by atoms with Crippen molar-refractivity contribution in [2.75, 3.05) is 17.7 Å². The van der Waals surface area contributed by atoms with Crippen molar-refractivity contribution in [2.24, 2.45) is 5.10 Å². The van der Waals surface area contributed by atoms with E-state index < -0.39 is 17.6 Å². The Morgan fingerprint density at radius 2 is 1.69 bits per heavy atom. The maximum Gasteiger partial charge on any atom is 0.329 e. The first-order chi connectivity index (χ1) is 15.4. The van der Waals surface area contributed by atoms with Crippen molar-refractivity contribution in [1.82, 2.24) is 5.43 Å². The van der Waals surface area contributed by atoms with Crippen molar-refractivity contribution in [3.63, 3.8) is 0 Å². The van der Waals surface area contributed by atoms with Crippen molar-refractivity contribution < 1.29 is 18.7 Å². The zero-order valence-electron chi connectivity index (χ0n) is 17.9. The third-order valence-corrected chi connectivity index (χ3v) is 4.71. The third kappa shape index (κ3) is 5.48. The molecule has 0 aromatic heterocycles. The molecular weight excluding hydrogens is 411 g/mol. The van der Waals surface area contributed by atoms with E-state index in [9.17, 15) is 14.0 Å². The number of aryl methyl sites for hydroxylation is 2. The molecule has 3 rings (SSSR count). The van der Waals surface area contributed by atoms with Crippen LogP contribution in [0.5, 0.6) is 5.75 Å². The minimum atomic E-state index is -0.985. The van der Waals surface area contributed by atoms with E-state index in [0.717, 1.165) is 17.3 Å². The number of carbonyl (C=O) groups is 2. The van der Waals surface area contributed by atoms with Crippen LogP contribution in [-0.4, -0.2) is 25.1 Å². The number of methoxy groups -OCH3 is 1. The highest BCUT2D eigenvalue weighted by Crippen LogP contribution is 2.31. The molecule has 164 valence electrons. The van der Waals surface area contributed by atoms with E-state index in [1.807, 2.05) is 31.2 Å². The molecule has 0 radical (unpaired) electrons. The number of para-hydroxylation sites is 2. The zero-order valence-corrected chi connectivity index (χ0v) is 17.9. The van der Waals surface area contributed by atoms with E-state index in [1.54, 1.807) is 32.2 Å². The Morgan fingerprint density at radius 3 is 2.44 bits per heavy atom. The van der Waals surface area contributed by atoms with Crippen molar-refractivity contribution in [1.29, 1.82) is 0 Å². The summed E-state index contributed by atoms with van der Waals surface area (Å²) in [4.78, 5) is 24.2. The average molecular weight is 434 g/mol. The Bertz CT molecular complexity index is 1180. The van der Waals surface area contributed by atoms with Gasteiger partial charge in [-0.05, 0) is 49.2 Å². The fourth-order valence-electron chi connectivity index (χ4n) is 2.93. The molecule has 0 heterocycles. The molecule has 0 atom stereocenters. The van der Waals surface area contributed by atoms with Crippen LogP contribution >= 0.6 is 0 Å². The molecule has 0 bridgehead atoms. The fourth-order valence-corrected chi connectivity index (χ4v) is 2.93. The normalized spacial score (nSPS) is 10.6. The molecule has 3 aromatic carbocycles. The number of rotatable bonds is 6. The van der Waals surface area contributed by atoms with Crippen molar-refractivity contribution in [3.8, 4) is 5.75 Å². The molecule has 3 aromatic rings. The summed E-state index contributed by atoms with van der Waals surface area (Å²) >= 11 is 0. The number of carbonyl (C=O) groups excluding carboxylic acids is 2. The van der Waals surface area contributed by atoms with Crippen molar-refractivity contribution in [3.05, 3.63) is 83.2 Å². The number of anilines is 3. The quantitative estimate of drug-likeness (QED) is 0.307. The number of hydrazone groups is 1. The Labute approximate surface area is 185 Å². The second kappa shape index (κ2) is 10.2. The van der Waals surface area contributed by atoms with E-state index >= 15 is 0 Å². The second-order valence-electron chi connectivity index (χ2n) is 6.98.